The van der Waals surface area contributed by atoms with Crippen molar-refractivity contribution in [1.82, 2.24) is 19.5 Å². The average Bonchev–Trinajstić information content (AvgIpc) is 3.08. The van der Waals surface area contributed by atoms with Gasteiger partial charge in [-0.1, -0.05) is 25.4 Å². The largest absolute Gasteiger partial charge is 0.309 e. The number of halogens is 1. The number of imidazole rings is 1. The second-order valence-corrected chi connectivity index (χ2v) is 7.15. The van der Waals surface area contributed by atoms with Gasteiger partial charge in [0.15, 0.2) is 6.29 Å². The number of carbonyl (C=O) groups excluding carboxylic acids is 1. The summed E-state index contributed by atoms with van der Waals surface area (Å²) in [5.74, 6) is 1.61. The molecule has 27 heavy (non-hydrogen) atoms. The molecule has 7 heteroatoms. The summed E-state index contributed by atoms with van der Waals surface area (Å²) in [5.41, 5.74) is 5.20. The zero-order chi connectivity index (χ0) is 19.1. The quantitative estimate of drug-likeness (QED) is 0.629. The van der Waals surface area contributed by atoms with Gasteiger partial charge in [0.1, 0.15) is 11.3 Å². The summed E-state index contributed by atoms with van der Waals surface area (Å²) in [5, 5.41) is 0.559. The molecule has 0 unspecified atom stereocenters. The van der Waals surface area contributed by atoms with Gasteiger partial charge in [-0.2, -0.15) is 0 Å². The fraction of sp³-hybridized carbons (Fsp3) is 0.400. The van der Waals surface area contributed by atoms with Crippen molar-refractivity contribution >= 4 is 40.6 Å². The number of aromatic nitrogens is 4. The summed E-state index contributed by atoms with van der Waals surface area (Å²) in [6, 6.07) is 3.50. The lowest BCUT2D eigenvalue weighted by molar-refractivity contribution is 0.112. The summed E-state index contributed by atoms with van der Waals surface area (Å²) in [4.78, 5) is 28.0. The number of aryl methyl sites for hydroxylation is 4. The number of carbonyl (C=O) groups is 1. The number of aldehydes is 1. The Kier molecular flexibility index (Phi) is 4.60. The molecular formula is C20H22ClN5O. The molecule has 2 aromatic heterocycles. The second kappa shape index (κ2) is 6.93. The summed E-state index contributed by atoms with van der Waals surface area (Å²) in [6.07, 6.45) is 3.46. The fourth-order valence-corrected chi connectivity index (χ4v) is 4.12. The Morgan fingerprint density at radius 2 is 1.81 bits per heavy atom. The molecule has 0 N–H and O–H groups in total. The highest BCUT2D eigenvalue weighted by atomic mass is 35.5. The van der Waals surface area contributed by atoms with E-state index in [-0.39, 0.29) is 0 Å². The van der Waals surface area contributed by atoms with Crippen molar-refractivity contribution in [2.24, 2.45) is 0 Å². The van der Waals surface area contributed by atoms with E-state index in [0.717, 1.165) is 73.0 Å². The molecule has 0 aliphatic carbocycles. The molecule has 0 atom stereocenters. The molecule has 1 aliphatic rings. The normalized spacial score (nSPS) is 13.9. The first-order chi connectivity index (χ1) is 13.1. The zero-order valence-corrected chi connectivity index (χ0v) is 16.5. The lowest BCUT2D eigenvalue weighted by Crippen LogP contribution is -2.30. The van der Waals surface area contributed by atoms with Gasteiger partial charge in [-0.15, -0.1) is 0 Å². The van der Waals surface area contributed by atoms with E-state index in [9.17, 15) is 4.79 Å². The van der Waals surface area contributed by atoms with E-state index in [1.54, 1.807) is 12.1 Å². The van der Waals surface area contributed by atoms with Crippen LogP contribution in [0.3, 0.4) is 0 Å². The van der Waals surface area contributed by atoms with Crippen LogP contribution >= 0.6 is 11.6 Å². The average molecular weight is 384 g/mol. The Morgan fingerprint density at radius 3 is 2.44 bits per heavy atom. The topological polar surface area (TPSA) is 63.9 Å². The molecule has 0 saturated heterocycles. The monoisotopic (exact) mass is 383 g/mol. The van der Waals surface area contributed by atoms with Crippen molar-refractivity contribution in [2.75, 3.05) is 11.4 Å². The molecule has 4 rings (SSSR count). The molecule has 3 aromatic rings. The number of rotatable bonds is 4. The molecule has 0 bridgehead atoms. The van der Waals surface area contributed by atoms with Gasteiger partial charge in [-0.3, -0.25) is 4.79 Å². The molecule has 0 radical (unpaired) electrons. The van der Waals surface area contributed by atoms with Gasteiger partial charge in [0.25, 0.3) is 0 Å². The van der Waals surface area contributed by atoms with E-state index >= 15 is 0 Å². The highest BCUT2D eigenvalue weighted by Gasteiger charge is 2.28. The van der Waals surface area contributed by atoms with Crippen LogP contribution in [0.5, 0.6) is 0 Å². The molecular weight excluding hydrogens is 362 g/mol. The first-order valence-electron chi connectivity index (χ1n) is 9.36. The van der Waals surface area contributed by atoms with Crippen LogP contribution in [0.1, 0.15) is 47.8 Å². The van der Waals surface area contributed by atoms with E-state index < -0.39 is 0 Å². The first kappa shape index (κ1) is 17.9. The summed E-state index contributed by atoms with van der Waals surface area (Å²) < 4.78 is 2.10. The molecule has 0 fully saturated rings. The van der Waals surface area contributed by atoms with E-state index in [1.807, 2.05) is 6.92 Å². The maximum absolute atomic E-state index is 11.6. The number of nitrogens with zero attached hydrogens (tertiary/aromatic N) is 5. The van der Waals surface area contributed by atoms with E-state index in [0.29, 0.717) is 16.1 Å². The summed E-state index contributed by atoms with van der Waals surface area (Å²) in [7, 11) is 0. The number of benzene rings is 1. The highest BCUT2D eigenvalue weighted by molar-refractivity contribution is 6.35. The fourth-order valence-electron chi connectivity index (χ4n) is 3.93. The van der Waals surface area contributed by atoms with Crippen molar-refractivity contribution in [3.8, 4) is 0 Å². The van der Waals surface area contributed by atoms with Crippen LogP contribution < -0.4 is 4.90 Å². The molecule has 0 saturated carbocycles. The van der Waals surface area contributed by atoms with Crippen LogP contribution in [0, 0.1) is 6.92 Å². The maximum Gasteiger partial charge on any atom is 0.211 e. The maximum atomic E-state index is 11.6. The summed E-state index contributed by atoms with van der Waals surface area (Å²) in [6.45, 7) is 7.80. The Labute approximate surface area is 163 Å². The van der Waals surface area contributed by atoms with Crippen LogP contribution in [0.4, 0.5) is 11.6 Å². The van der Waals surface area contributed by atoms with Crippen molar-refractivity contribution in [3.63, 3.8) is 0 Å². The lowest BCUT2D eigenvalue weighted by atomic mass is 10.1. The molecule has 1 aromatic carbocycles. The number of anilines is 2. The van der Waals surface area contributed by atoms with Gasteiger partial charge < -0.3 is 9.47 Å². The Hall–Kier alpha value is -2.47. The molecule has 0 spiro atoms. The van der Waals surface area contributed by atoms with E-state index in [2.05, 4.69) is 33.3 Å². The number of hydrogen-bond acceptors (Lipinski definition) is 5. The molecule has 3 heterocycles. The van der Waals surface area contributed by atoms with Crippen LogP contribution in [0.2, 0.25) is 5.02 Å². The molecule has 140 valence electrons. The van der Waals surface area contributed by atoms with Gasteiger partial charge in [0, 0.05) is 18.7 Å². The van der Waals surface area contributed by atoms with Crippen LogP contribution in [-0.2, 0) is 19.4 Å². The Morgan fingerprint density at radius 1 is 1.11 bits per heavy atom. The minimum atomic E-state index is 0.559. The van der Waals surface area contributed by atoms with Crippen molar-refractivity contribution < 1.29 is 4.79 Å². The SMILES string of the molecule is CCc1nc(C)nc(CC)c1N1CCCn2c1nc1c(Cl)ccc(C=O)c12. The number of hydrogen-bond donors (Lipinski definition) is 0. The van der Waals surface area contributed by atoms with Crippen LogP contribution in [0.25, 0.3) is 11.0 Å². The minimum absolute atomic E-state index is 0.559. The van der Waals surface area contributed by atoms with Crippen molar-refractivity contribution in [2.45, 2.75) is 46.6 Å². The van der Waals surface area contributed by atoms with Gasteiger partial charge in [0.05, 0.1) is 27.6 Å². The number of fused-ring (bicyclic) bond motifs is 3. The van der Waals surface area contributed by atoms with Gasteiger partial charge in [-0.25, -0.2) is 15.0 Å². The Balaban J connectivity index is 2.00. The van der Waals surface area contributed by atoms with E-state index in [1.165, 1.54) is 0 Å². The first-order valence-corrected chi connectivity index (χ1v) is 9.74. The minimum Gasteiger partial charge on any atom is -0.309 e. The molecule has 0 amide bonds. The van der Waals surface area contributed by atoms with Crippen LogP contribution in [-0.4, -0.2) is 32.3 Å². The van der Waals surface area contributed by atoms with Gasteiger partial charge in [0.2, 0.25) is 5.95 Å². The third kappa shape index (κ3) is 2.79. The highest BCUT2D eigenvalue weighted by Crippen LogP contribution is 2.38. The van der Waals surface area contributed by atoms with Gasteiger partial charge in [-0.05, 0) is 38.3 Å². The Bertz CT molecular complexity index is 1020. The van der Waals surface area contributed by atoms with E-state index in [4.69, 9.17) is 16.6 Å². The third-order valence-corrected chi connectivity index (χ3v) is 5.37. The van der Waals surface area contributed by atoms with Crippen molar-refractivity contribution in [1.29, 1.82) is 0 Å². The second-order valence-electron chi connectivity index (χ2n) is 6.74. The predicted molar refractivity (Wildman–Crippen MR) is 107 cm³/mol. The smallest absolute Gasteiger partial charge is 0.211 e. The molecule has 6 nitrogen and oxygen atoms in total. The third-order valence-electron chi connectivity index (χ3n) is 5.07. The van der Waals surface area contributed by atoms with Crippen LogP contribution in [0.15, 0.2) is 12.1 Å². The van der Waals surface area contributed by atoms with Gasteiger partial charge >= 0.3 is 0 Å². The zero-order valence-electron chi connectivity index (χ0n) is 15.8. The summed E-state index contributed by atoms with van der Waals surface area (Å²) >= 11 is 6.40. The predicted octanol–water partition coefficient (Wildman–Crippen LogP) is 4.27. The molecule has 1 aliphatic heterocycles. The standard InChI is InChI=1S/C20H22ClN5O/c1-4-15-19(16(5-2)23-12(3)22-15)26-10-6-9-25-18-13(11-27)7-8-14(21)17(18)24-20(25)26/h7-8,11H,4-6,9-10H2,1-3H3. The lowest BCUT2D eigenvalue weighted by Gasteiger charge is -2.31. The van der Waals surface area contributed by atoms with Crippen molar-refractivity contribution in [3.05, 3.63) is 39.9 Å².